The summed E-state index contributed by atoms with van der Waals surface area (Å²) in [6, 6.07) is -0.730. The van der Waals surface area contributed by atoms with Crippen LogP contribution in [0.15, 0.2) is 0 Å². The fourth-order valence-corrected chi connectivity index (χ4v) is 3.01. The first-order valence-corrected chi connectivity index (χ1v) is 8.99. The molecule has 1 fully saturated rings. The maximum absolute atomic E-state index is 12.2. The van der Waals surface area contributed by atoms with Crippen molar-refractivity contribution in [2.45, 2.75) is 83.4 Å². The van der Waals surface area contributed by atoms with Crippen molar-refractivity contribution in [3.05, 3.63) is 0 Å². The summed E-state index contributed by atoms with van der Waals surface area (Å²) < 4.78 is 10.3. The van der Waals surface area contributed by atoms with Crippen LogP contribution in [-0.4, -0.2) is 43.3 Å². The van der Waals surface area contributed by atoms with Gasteiger partial charge in [0, 0.05) is 12.5 Å². The van der Waals surface area contributed by atoms with Gasteiger partial charge in [0.2, 0.25) is 5.91 Å². The topological polar surface area (TPSA) is 90.6 Å². The van der Waals surface area contributed by atoms with E-state index >= 15 is 0 Å². The van der Waals surface area contributed by atoms with Gasteiger partial charge in [0.15, 0.2) is 6.04 Å². The second-order valence-electron chi connectivity index (χ2n) is 7.67. The Morgan fingerprint density at radius 3 is 2.38 bits per heavy atom. The molecular weight excluding hydrogens is 308 g/mol. The van der Waals surface area contributed by atoms with Gasteiger partial charge < -0.3 is 20.5 Å². The number of methoxy groups -OCH3 is 1. The molecule has 1 saturated carbocycles. The number of esters is 1. The van der Waals surface area contributed by atoms with Crippen molar-refractivity contribution in [1.82, 2.24) is 5.32 Å². The molecule has 1 amide bonds. The normalized spacial score (nSPS) is 18.7. The van der Waals surface area contributed by atoms with Crippen LogP contribution in [-0.2, 0) is 19.1 Å². The third-order valence-corrected chi connectivity index (χ3v) is 4.46. The standard InChI is InChI=1S/C18H34N2O4/c1-18(2,3)24-12-15(17(22)23-4)20-16(21)11-10-14(19)13-8-6-5-7-9-13/h13-15H,5-12,19H2,1-4H3,(H,20,21)/t14-,15?/m0/s1. The number of nitrogens with one attached hydrogen (secondary N) is 1. The van der Waals surface area contributed by atoms with E-state index in [0.29, 0.717) is 18.8 Å². The molecule has 0 aliphatic heterocycles. The van der Waals surface area contributed by atoms with Crippen molar-refractivity contribution in [2.24, 2.45) is 11.7 Å². The number of ether oxygens (including phenoxy) is 2. The molecule has 0 saturated heterocycles. The first-order chi connectivity index (χ1) is 11.2. The fourth-order valence-electron chi connectivity index (χ4n) is 3.01. The number of hydrogen-bond acceptors (Lipinski definition) is 5. The van der Waals surface area contributed by atoms with Gasteiger partial charge in [0.1, 0.15) is 0 Å². The molecule has 0 aromatic carbocycles. The van der Waals surface area contributed by atoms with E-state index in [0.717, 1.165) is 12.8 Å². The Morgan fingerprint density at radius 2 is 1.83 bits per heavy atom. The number of hydrogen-bond donors (Lipinski definition) is 2. The second-order valence-corrected chi connectivity index (χ2v) is 7.67. The molecule has 0 aromatic heterocycles. The zero-order valence-electron chi connectivity index (χ0n) is 15.6. The minimum atomic E-state index is -0.785. The Balaban J connectivity index is 2.41. The molecule has 1 aliphatic rings. The molecule has 24 heavy (non-hydrogen) atoms. The van der Waals surface area contributed by atoms with Gasteiger partial charge in [0.25, 0.3) is 0 Å². The summed E-state index contributed by atoms with van der Waals surface area (Å²) >= 11 is 0. The van der Waals surface area contributed by atoms with E-state index < -0.39 is 12.0 Å². The third-order valence-electron chi connectivity index (χ3n) is 4.46. The lowest BCUT2D eigenvalue weighted by Crippen LogP contribution is -2.46. The van der Waals surface area contributed by atoms with Gasteiger partial charge in [-0.05, 0) is 46.0 Å². The van der Waals surface area contributed by atoms with Crippen molar-refractivity contribution >= 4 is 11.9 Å². The highest BCUT2D eigenvalue weighted by Crippen LogP contribution is 2.27. The lowest BCUT2D eigenvalue weighted by atomic mass is 9.82. The summed E-state index contributed by atoms with van der Waals surface area (Å²) in [6.45, 7) is 5.78. The summed E-state index contributed by atoms with van der Waals surface area (Å²) in [5.74, 6) is -0.162. The van der Waals surface area contributed by atoms with Crippen molar-refractivity contribution in [1.29, 1.82) is 0 Å². The number of carbonyl (C=O) groups excluding carboxylic acids is 2. The van der Waals surface area contributed by atoms with Crippen molar-refractivity contribution < 1.29 is 19.1 Å². The van der Waals surface area contributed by atoms with E-state index in [9.17, 15) is 9.59 Å². The Labute approximate surface area is 145 Å². The van der Waals surface area contributed by atoms with E-state index in [2.05, 4.69) is 5.32 Å². The molecule has 0 aromatic rings. The van der Waals surface area contributed by atoms with Gasteiger partial charge in [-0.15, -0.1) is 0 Å². The lowest BCUT2D eigenvalue weighted by molar-refractivity contribution is -0.148. The van der Waals surface area contributed by atoms with E-state index in [-0.39, 0.29) is 24.2 Å². The van der Waals surface area contributed by atoms with Gasteiger partial charge in [-0.25, -0.2) is 4.79 Å². The number of amides is 1. The zero-order chi connectivity index (χ0) is 18.2. The highest BCUT2D eigenvalue weighted by molar-refractivity contribution is 5.84. The fraction of sp³-hybridized carbons (Fsp3) is 0.889. The van der Waals surface area contributed by atoms with Crippen LogP contribution in [0.1, 0.15) is 65.7 Å². The van der Waals surface area contributed by atoms with Crippen LogP contribution >= 0.6 is 0 Å². The van der Waals surface area contributed by atoms with Crippen LogP contribution in [0, 0.1) is 5.92 Å². The molecule has 1 rings (SSSR count). The van der Waals surface area contributed by atoms with Crippen LogP contribution in [0.25, 0.3) is 0 Å². The Bertz CT molecular complexity index is 400. The molecule has 1 unspecified atom stereocenters. The first kappa shape index (κ1) is 20.9. The van der Waals surface area contributed by atoms with Crippen molar-refractivity contribution in [3.63, 3.8) is 0 Å². The molecule has 2 atom stereocenters. The minimum Gasteiger partial charge on any atom is -0.467 e. The van der Waals surface area contributed by atoms with Gasteiger partial charge in [-0.2, -0.15) is 0 Å². The van der Waals surface area contributed by atoms with E-state index in [4.69, 9.17) is 15.2 Å². The first-order valence-electron chi connectivity index (χ1n) is 8.99. The Morgan fingerprint density at radius 1 is 1.21 bits per heavy atom. The summed E-state index contributed by atoms with van der Waals surface area (Å²) in [7, 11) is 1.30. The zero-order valence-corrected chi connectivity index (χ0v) is 15.6. The van der Waals surface area contributed by atoms with Gasteiger partial charge in [-0.3, -0.25) is 4.79 Å². The number of nitrogens with two attached hydrogens (primary N) is 1. The Hall–Kier alpha value is -1.14. The molecule has 6 heteroatoms. The summed E-state index contributed by atoms with van der Waals surface area (Å²) in [5.41, 5.74) is 5.84. The quantitative estimate of drug-likeness (QED) is 0.660. The monoisotopic (exact) mass is 342 g/mol. The molecule has 0 radical (unpaired) electrons. The van der Waals surface area contributed by atoms with E-state index in [1.807, 2.05) is 20.8 Å². The molecule has 0 bridgehead atoms. The Kier molecular flexibility index (Phi) is 8.70. The van der Waals surface area contributed by atoms with Crippen LogP contribution in [0.4, 0.5) is 0 Å². The minimum absolute atomic E-state index is 0.0541. The molecule has 0 heterocycles. The lowest BCUT2D eigenvalue weighted by Gasteiger charge is -2.27. The molecule has 140 valence electrons. The SMILES string of the molecule is COC(=O)C(COC(C)(C)C)NC(=O)CC[C@H](N)C1CCCCC1. The highest BCUT2D eigenvalue weighted by Gasteiger charge is 2.25. The number of rotatable bonds is 8. The van der Waals surface area contributed by atoms with Crippen molar-refractivity contribution in [3.8, 4) is 0 Å². The maximum atomic E-state index is 12.2. The summed E-state index contributed by atoms with van der Waals surface area (Å²) in [6.07, 6.45) is 7.04. The maximum Gasteiger partial charge on any atom is 0.330 e. The van der Waals surface area contributed by atoms with E-state index in [1.54, 1.807) is 0 Å². The van der Waals surface area contributed by atoms with E-state index in [1.165, 1.54) is 26.4 Å². The smallest absolute Gasteiger partial charge is 0.330 e. The molecule has 3 N–H and O–H groups in total. The average molecular weight is 342 g/mol. The molecule has 0 spiro atoms. The predicted octanol–water partition coefficient (Wildman–Crippen LogP) is 2.15. The van der Waals surface area contributed by atoms with Gasteiger partial charge in [0.05, 0.1) is 19.3 Å². The molecule has 6 nitrogen and oxygen atoms in total. The van der Waals surface area contributed by atoms with Gasteiger partial charge >= 0.3 is 5.97 Å². The van der Waals surface area contributed by atoms with Crippen LogP contribution in [0.2, 0.25) is 0 Å². The van der Waals surface area contributed by atoms with Crippen LogP contribution < -0.4 is 11.1 Å². The second kappa shape index (κ2) is 9.99. The third kappa shape index (κ3) is 8.11. The number of carbonyl (C=O) groups is 2. The molecular formula is C18H34N2O4. The molecule has 1 aliphatic carbocycles. The summed E-state index contributed by atoms with van der Waals surface area (Å²) in [5, 5.41) is 2.70. The summed E-state index contributed by atoms with van der Waals surface area (Å²) in [4.78, 5) is 24.0. The van der Waals surface area contributed by atoms with Crippen LogP contribution in [0.3, 0.4) is 0 Å². The van der Waals surface area contributed by atoms with Crippen molar-refractivity contribution in [2.75, 3.05) is 13.7 Å². The largest absolute Gasteiger partial charge is 0.467 e. The highest BCUT2D eigenvalue weighted by atomic mass is 16.5. The van der Waals surface area contributed by atoms with Crippen LogP contribution in [0.5, 0.6) is 0 Å². The van der Waals surface area contributed by atoms with Gasteiger partial charge in [-0.1, -0.05) is 19.3 Å². The predicted molar refractivity (Wildman–Crippen MR) is 93.4 cm³/mol. The average Bonchev–Trinajstić information content (AvgIpc) is 2.55.